The summed E-state index contributed by atoms with van der Waals surface area (Å²) in [6.45, 7) is 2.44. The molecule has 1 aromatic heterocycles. The van der Waals surface area contributed by atoms with Crippen LogP contribution in [0.3, 0.4) is 0 Å². The first-order valence-electron chi connectivity index (χ1n) is 7.68. The number of hydrogen-bond donors (Lipinski definition) is 0. The Morgan fingerprint density at radius 1 is 1.25 bits per heavy atom. The van der Waals surface area contributed by atoms with Crippen molar-refractivity contribution < 1.29 is 17.6 Å². The highest BCUT2D eigenvalue weighted by Gasteiger charge is 2.40. The van der Waals surface area contributed by atoms with Crippen molar-refractivity contribution in [3.63, 3.8) is 0 Å². The van der Waals surface area contributed by atoms with Gasteiger partial charge in [-0.2, -0.15) is 0 Å². The number of thiophene rings is 1. The molecule has 7 heteroatoms. The summed E-state index contributed by atoms with van der Waals surface area (Å²) in [6.07, 6.45) is 1.08. The Morgan fingerprint density at radius 3 is 2.50 bits per heavy atom. The summed E-state index contributed by atoms with van der Waals surface area (Å²) in [5.41, 5.74) is 1.19. The molecule has 0 aliphatic carbocycles. The van der Waals surface area contributed by atoms with Gasteiger partial charge < -0.3 is 4.90 Å². The number of rotatable bonds is 5. The van der Waals surface area contributed by atoms with Crippen molar-refractivity contribution in [3.8, 4) is 0 Å². The second-order valence-electron chi connectivity index (χ2n) is 5.95. The van der Waals surface area contributed by atoms with E-state index in [-0.39, 0.29) is 23.9 Å². The van der Waals surface area contributed by atoms with Crippen LogP contribution in [0.15, 0.2) is 40.6 Å². The normalized spacial score (nSPS) is 15.3. The van der Waals surface area contributed by atoms with Gasteiger partial charge >= 0.3 is 0 Å². The molecule has 1 amide bonds. The lowest BCUT2D eigenvalue weighted by Gasteiger charge is -2.38. The predicted molar refractivity (Wildman–Crippen MR) is 91.3 cm³/mol. The Kier molecular flexibility index (Phi) is 4.73. The first kappa shape index (κ1) is 17.1. The zero-order valence-electron chi connectivity index (χ0n) is 13.2. The van der Waals surface area contributed by atoms with Gasteiger partial charge in [-0.25, -0.2) is 12.8 Å². The highest BCUT2D eigenvalue weighted by Crippen LogP contribution is 2.25. The zero-order chi connectivity index (χ0) is 17.3. The number of carbonyl (C=O) groups is 1. The van der Waals surface area contributed by atoms with Crippen molar-refractivity contribution in [2.75, 3.05) is 13.1 Å². The Hall–Kier alpha value is -1.73. The van der Waals surface area contributed by atoms with Gasteiger partial charge in [0, 0.05) is 24.4 Å². The fourth-order valence-electron chi connectivity index (χ4n) is 2.69. The van der Waals surface area contributed by atoms with Crippen LogP contribution in [0.4, 0.5) is 4.39 Å². The quantitative estimate of drug-likeness (QED) is 0.764. The Labute approximate surface area is 144 Å². The van der Waals surface area contributed by atoms with E-state index in [2.05, 4.69) is 0 Å². The monoisotopic (exact) mass is 367 g/mol. The van der Waals surface area contributed by atoms with Crippen LogP contribution in [0.2, 0.25) is 0 Å². The third-order valence-corrected chi connectivity index (χ3v) is 7.50. The average Bonchev–Trinajstić information content (AvgIpc) is 2.89. The molecule has 3 rings (SSSR count). The van der Waals surface area contributed by atoms with Crippen LogP contribution < -0.4 is 0 Å². The molecule has 1 aliphatic rings. The molecule has 0 spiro atoms. The van der Waals surface area contributed by atoms with Crippen molar-refractivity contribution in [3.05, 3.63) is 52.0 Å². The highest BCUT2D eigenvalue weighted by molar-refractivity contribution is 7.92. The van der Waals surface area contributed by atoms with Crippen LogP contribution in [0, 0.1) is 12.7 Å². The summed E-state index contributed by atoms with van der Waals surface area (Å²) in [6, 6.07) is 6.85. The molecule has 1 aromatic carbocycles. The summed E-state index contributed by atoms with van der Waals surface area (Å²) in [5, 5.41) is 1.40. The molecule has 1 aliphatic heterocycles. The number of carbonyl (C=O) groups excluding carboxylic acids is 1. The molecule has 0 radical (unpaired) electrons. The van der Waals surface area contributed by atoms with E-state index >= 15 is 0 Å². The number of likely N-dealkylation sites (tertiary alicyclic amines) is 1. The minimum atomic E-state index is -3.51. The summed E-state index contributed by atoms with van der Waals surface area (Å²) in [5.74, 6) is -0.489. The van der Waals surface area contributed by atoms with E-state index in [1.165, 1.54) is 22.6 Å². The molecular formula is C17H18FNO3S2. The number of aryl methyl sites for hydroxylation is 2. The van der Waals surface area contributed by atoms with E-state index in [0.717, 1.165) is 12.1 Å². The number of benzene rings is 1. The molecule has 128 valence electrons. The SMILES string of the molecule is Cc1ccsc1CCC(=O)N1CC(S(=O)(=O)c2ccc(F)cc2)C1. The summed E-state index contributed by atoms with van der Waals surface area (Å²) in [7, 11) is -3.51. The van der Waals surface area contributed by atoms with Gasteiger partial charge in [0.25, 0.3) is 0 Å². The van der Waals surface area contributed by atoms with Crippen LogP contribution in [0.1, 0.15) is 16.9 Å². The number of nitrogens with zero attached hydrogens (tertiary/aromatic N) is 1. The molecule has 1 saturated heterocycles. The topological polar surface area (TPSA) is 54.5 Å². The van der Waals surface area contributed by atoms with E-state index in [1.54, 1.807) is 16.2 Å². The number of hydrogen-bond acceptors (Lipinski definition) is 4. The van der Waals surface area contributed by atoms with Crippen LogP contribution in [0.5, 0.6) is 0 Å². The van der Waals surface area contributed by atoms with Crippen molar-refractivity contribution in [2.45, 2.75) is 29.9 Å². The van der Waals surface area contributed by atoms with Crippen LogP contribution in [-0.4, -0.2) is 37.6 Å². The van der Waals surface area contributed by atoms with Crippen LogP contribution in [0.25, 0.3) is 0 Å². The largest absolute Gasteiger partial charge is 0.340 e. The maximum atomic E-state index is 12.9. The molecule has 0 saturated carbocycles. The van der Waals surface area contributed by atoms with Crippen molar-refractivity contribution in [2.24, 2.45) is 0 Å². The zero-order valence-corrected chi connectivity index (χ0v) is 14.9. The minimum Gasteiger partial charge on any atom is -0.340 e. The fraction of sp³-hybridized carbons (Fsp3) is 0.353. The summed E-state index contributed by atoms with van der Waals surface area (Å²) < 4.78 is 37.8. The molecule has 0 atom stereocenters. The molecule has 24 heavy (non-hydrogen) atoms. The van der Waals surface area contributed by atoms with E-state index in [1.807, 2.05) is 18.4 Å². The molecule has 4 nitrogen and oxygen atoms in total. The lowest BCUT2D eigenvalue weighted by atomic mass is 10.1. The van der Waals surface area contributed by atoms with Gasteiger partial charge in [-0.05, 0) is 54.6 Å². The average molecular weight is 367 g/mol. The summed E-state index contributed by atoms with van der Waals surface area (Å²) >= 11 is 1.63. The molecule has 0 N–H and O–H groups in total. The first-order valence-corrected chi connectivity index (χ1v) is 10.1. The van der Waals surface area contributed by atoms with E-state index < -0.39 is 20.9 Å². The van der Waals surface area contributed by atoms with Crippen molar-refractivity contribution in [1.29, 1.82) is 0 Å². The van der Waals surface area contributed by atoms with Gasteiger partial charge in [0.2, 0.25) is 5.91 Å². The number of sulfone groups is 1. The van der Waals surface area contributed by atoms with Crippen molar-refractivity contribution >= 4 is 27.1 Å². The minimum absolute atomic E-state index is 0.0200. The van der Waals surface area contributed by atoms with Gasteiger partial charge in [-0.3, -0.25) is 4.79 Å². The Balaban J connectivity index is 1.55. The van der Waals surface area contributed by atoms with E-state index in [4.69, 9.17) is 0 Å². The van der Waals surface area contributed by atoms with Crippen LogP contribution in [-0.2, 0) is 21.1 Å². The third kappa shape index (κ3) is 3.37. The van der Waals surface area contributed by atoms with Crippen LogP contribution >= 0.6 is 11.3 Å². The van der Waals surface area contributed by atoms with Gasteiger partial charge in [0.15, 0.2) is 9.84 Å². The van der Waals surface area contributed by atoms with Gasteiger partial charge in [-0.1, -0.05) is 0 Å². The standard InChI is InChI=1S/C17H18FNO3S2/c1-12-8-9-23-16(12)6-7-17(20)19-10-15(11-19)24(21,22)14-4-2-13(18)3-5-14/h2-5,8-9,15H,6-7,10-11H2,1H3. The maximum Gasteiger partial charge on any atom is 0.223 e. The highest BCUT2D eigenvalue weighted by atomic mass is 32.2. The van der Waals surface area contributed by atoms with Crippen molar-refractivity contribution in [1.82, 2.24) is 4.90 Å². The second-order valence-corrected chi connectivity index (χ2v) is 9.18. The summed E-state index contributed by atoms with van der Waals surface area (Å²) in [4.78, 5) is 15.1. The third-order valence-electron chi connectivity index (χ3n) is 4.32. The van der Waals surface area contributed by atoms with E-state index in [0.29, 0.717) is 12.8 Å². The molecule has 1 fully saturated rings. The lowest BCUT2D eigenvalue weighted by Crippen LogP contribution is -2.56. The van der Waals surface area contributed by atoms with Gasteiger partial charge in [0.1, 0.15) is 11.1 Å². The lowest BCUT2D eigenvalue weighted by molar-refractivity contribution is -0.134. The van der Waals surface area contributed by atoms with Gasteiger partial charge in [0.05, 0.1) is 4.90 Å². The maximum absolute atomic E-state index is 12.9. The number of amides is 1. The number of halogens is 1. The molecule has 2 heterocycles. The molecule has 0 bridgehead atoms. The fourth-order valence-corrected chi connectivity index (χ4v) is 5.26. The Bertz CT molecular complexity index is 837. The molecular weight excluding hydrogens is 349 g/mol. The molecule has 0 unspecified atom stereocenters. The Morgan fingerprint density at radius 2 is 1.92 bits per heavy atom. The van der Waals surface area contributed by atoms with Gasteiger partial charge in [-0.15, -0.1) is 11.3 Å². The second kappa shape index (κ2) is 6.64. The predicted octanol–water partition coefficient (Wildman–Crippen LogP) is 2.81. The first-order chi connectivity index (χ1) is 11.4. The van der Waals surface area contributed by atoms with E-state index in [9.17, 15) is 17.6 Å². The smallest absolute Gasteiger partial charge is 0.223 e. The molecule has 2 aromatic rings.